The smallest absolute Gasteiger partial charge is 0.313 e. The van der Waals surface area contributed by atoms with Gasteiger partial charge in [0, 0.05) is 13.1 Å². The van der Waals surface area contributed by atoms with Crippen molar-refractivity contribution in [3.05, 3.63) is 30.1 Å². The molecule has 0 aliphatic carbocycles. The summed E-state index contributed by atoms with van der Waals surface area (Å²) in [5, 5.41) is 17.1. The van der Waals surface area contributed by atoms with E-state index in [0.29, 0.717) is 22.5 Å². The van der Waals surface area contributed by atoms with Gasteiger partial charge in [-0.15, -0.1) is 10.2 Å². The minimum atomic E-state index is -0.891. The van der Waals surface area contributed by atoms with E-state index in [0.717, 1.165) is 11.8 Å². The summed E-state index contributed by atoms with van der Waals surface area (Å²) in [5.74, 6) is 1.05. The highest BCUT2D eigenvalue weighted by Gasteiger charge is 2.11. The minimum Gasteiger partial charge on any atom is -0.497 e. The van der Waals surface area contributed by atoms with Gasteiger partial charge in [0.15, 0.2) is 11.0 Å². The van der Waals surface area contributed by atoms with Crippen molar-refractivity contribution in [2.45, 2.75) is 11.8 Å². The van der Waals surface area contributed by atoms with Gasteiger partial charge in [-0.05, 0) is 12.1 Å². The first-order chi connectivity index (χ1) is 10.1. The van der Waals surface area contributed by atoms with Crippen molar-refractivity contribution in [2.75, 3.05) is 12.9 Å². The van der Waals surface area contributed by atoms with Gasteiger partial charge in [-0.3, -0.25) is 4.79 Å². The number of aliphatic carboxylic acids is 1. The standard InChI is InChI=1S/C13H15N3O4S/c1-16-11(14-15-13(16)21-8-12(17)18)7-20-10-5-3-4-9(6-10)19-2/h3-6H,7-8H2,1-2H3,(H,17,18). The van der Waals surface area contributed by atoms with Crippen LogP contribution in [0, 0.1) is 0 Å². The summed E-state index contributed by atoms with van der Waals surface area (Å²) in [6, 6.07) is 7.25. The van der Waals surface area contributed by atoms with Crippen LogP contribution < -0.4 is 9.47 Å². The molecule has 0 saturated carbocycles. The van der Waals surface area contributed by atoms with Crippen molar-refractivity contribution in [1.82, 2.24) is 14.8 Å². The molecule has 1 N–H and O–H groups in total. The summed E-state index contributed by atoms with van der Waals surface area (Å²) in [7, 11) is 3.36. The first-order valence-corrected chi connectivity index (χ1v) is 7.08. The van der Waals surface area contributed by atoms with Crippen LogP contribution in [-0.2, 0) is 18.4 Å². The number of nitrogens with zero attached hydrogens (tertiary/aromatic N) is 3. The second-order valence-electron chi connectivity index (χ2n) is 4.11. The van der Waals surface area contributed by atoms with Crippen molar-refractivity contribution in [2.24, 2.45) is 7.05 Å². The van der Waals surface area contributed by atoms with Gasteiger partial charge in [-0.25, -0.2) is 0 Å². The maximum absolute atomic E-state index is 10.5. The molecule has 7 nitrogen and oxygen atoms in total. The number of carboxylic acids is 1. The molecule has 1 aromatic heterocycles. The molecule has 0 atom stereocenters. The number of carbonyl (C=O) groups is 1. The number of carboxylic acid groups (broad SMARTS) is 1. The Morgan fingerprint density at radius 2 is 2.14 bits per heavy atom. The molecule has 0 aliphatic heterocycles. The zero-order valence-corrected chi connectivity index (χ0v) is 12.5. The highest BCUT2D eigenvalue weighted by atomic mass is 32.2. The van der Waals surface area contributed by atoms with Crippen molar-refractivity contribution in [3.63, 3.8) is 0 Å². The first kappa shape index (κ1) is 15.2. The van der Waals surface area contributed by atoms with Gasteiger partial charge in [0.2, 0.25) is 0 Å². The maximum Gasteiger partial charge on any atom is 0.313 e. The second-order valence-corrected chi connectivity index (χ2v) is 5.05. The van der Waals surface area contributed by atoms with Gasteiger partial charge >= 0.3 is 5.97 Å². The number of hydrogen-bond donors (Lipinski definition) is 1. The minimum absolute atomic E-state index is 0.0529. The third-order valence-corrected chi connectivity index (χ3v) is 3.66. The highest BCUT2D eigenvalue weighted by Crippen LogP contribution is 2.20. The lowest BCUT2D eigenvalue weighted by molar-refractivity contribution is -0.133. The van der Waals surface area contributed by atoms with Gasteiger partial charge in [-0.1, -0.05) is 17.8 Å². The zero-order chi connectivity index (χ0) is 15.2. The zero-order valence-electron chi connectivity index (χ0n) is 11.6. The van der Waals surface area contributed by atoms with Gasteiger partial charge in [0.1, 0.15) is 18.1 Å². The lowest BCUT2D eigenvalue weighted by atomic mass is 10.3. The van der Waals surface area contributed by atoms with Crippen LogP contribution in [0.4, 0.5) is 0 Å². The lowest BCUT2D eigenvalue weighted by Crippen LogP contribution is -2.05. The Morgan fingerprint density at radius 1 is 1.38 bits per heavy atom. The molecule has 1 aromatic carbocycles. The summed E-state index contributed by atoms with van der Waals surface area (Å²) >= 11 is 1.12. The number of benzene rings is 1. The molecule has 0 unspecified atom stereocenters. The van der Waals surface area contributed by atoms with Crippen LogP contribution >= 0.6 is 11.8 Å². The van der Waals surface area contributed by atoms with Crippen molar-refractivity contribution in [3.8, 4) is 11.5 Å². The second kappa shape index (κ2) is 6.98. The van der Waals surface area contributed by atoms with Crippen LogP contribution in [0.25, 0.3) is 0 Å². The number of methoxy groups -OCH3 is 1. The van der Waals surface area contributed by atoms with Gasteiger partial charge < -0.3 is 19.1 Å². The highest BCUT2D eigenvalue weighted by molar-refractivity contribution is 7.99. The molecule has 2 aromatic rings. The van der Waals surface area contributed by atoms with E-state index < -0.39 is 5.97 Å². The van der Waals surface area contributed by atoms with Crippen LogP contribution in [0.1, 0.15) is 5.82 Å². The van der Waals surface area contributed by atoms with Crippen molar-refractivity contribution in [1.29, 1.82) is 0 Å². The summed E-state index contributed by atoms with van der Waals surface area (Å²) < 4.78 is 12.5. The Balaban J connectivity index is 1.98. The number of rotatable bonds is 7. The first-order valence-electron chi connectivity index (χ1n) is 6.10. The van der Waals surface area contributed by atoms with Crippen LogP contribution in [0.3, 0.4) is 0 Å². The van der Waals surface area contributed by atoms with Crippen LogP contribution in [0.5, 0.6) is 11.5 Å². The Kier molecular flexibility index (Phi) is 5.04. The van der Waals surface area contributed by atoms with E-state index in [4.69, 9.17) is 14.6 Å². The van der Waals surface area contributed by atoms with E-state index in [1.807, 2.05) is 18.2 Å². The molecule has 0 radical (unpaired) electrons. The molecule has 0 aliphatic rings. The average molecular weight is 309 g/mol. The molecule has 0 fully saturated rings. The molecule has 112 valence electrons. The van der Waals surface area contributed by atoms with E-state index in [1.165, 1.54) is 0 Å². The van der Waals surface area contributed by atoms with Crippen LogP contribution in [0.15, 0.2) is 29.4 Å². The van der Waals surface area contributed by atoms with E-state index in [-0.39, 0.29) is 12.4 Å². The number of thioether (sulfide) groups is 1. The van der Waals surface area contributed by atoms with Crippen LogP contribution in [0.2, 0.25) is 0 Å². The number of ether oxygens (including phenoxy) is 2. The summed E-state index contributed by atoms with van der Waals surface area (Å²) in [6.07, 6.45) is 0. The summed E-state index contributed by atoms with van der Waals surface area (Å²) in [6.45, 7) is 0.240. The predicted molar refractivity (Wildman–Crippen MR) is 76.7 cm³/mol. The average Bonchev–Trinajstić information content (AvgIpc) is 2.83. The molecular weight excluding hydrogens is 294 g/mol. The fraction of sp³-hybridized carbons (Fsp3) is 0.308. The number of aromatic nitrogens is 3. The maximum atomic E-state index is 10.5. The Labute approximate surface area is 125 Å². The van der Waals surface area contributed by atoms with Gasteiger partial charge in [0.05, 0.1) is 12.9 Å². The molecule has 8 heteroatoms. The van der Waals surface area contributed by atoms with E-state index in [2.05, 4.69) is 10.2 Å². The molecular formula is C13H15N3O4S. The molecule has 21 heavy (non-hydrogen) atoms. The molecule has 0 spiro atoms. The molecule has 0 saturated heterocycles. The normalized spacial score (nSPS) is 10.4. The topological polar surface area (TPSA) is 86.5 Å². The van der Waals surface area contributed by atoms with Crippen molar-refractivity contribution < 1.29 is 19.4 Å². The number of hydrogen-bond acceptors (Lipinski definition) is 6. The predicted octanol–water partition coefficient (Wildman–Crippen LogP) is 1.58. The largest absolute Gasteiger partial charge is 0.497 e. The lowest BCUT2D eigenvalue weighted by Gasteiger charge is -2.07. The molecule has 1 heterocycles. The fourth-order valence-electron chi connectivity index (χ4n) is 1.56. The summed E-state index contributed by atoms with van der Waals surface area (Å²) in [4.78, 5) is 10.5. The molecule has 0 amide bonds. The Bertz CT molecular complexity index is 630. The van der Waals surface area contributed by atoms with Crippen molar-refractivity contribution >= 4 is 17.7 Å². The summed E-state index contributed by atoms with van der Waals surface area (Å²) in [5.41, 5.74) is 0. The van der Waals surface area contributed by atoms with Crippen LogP contribution in [-0.4, -0.2) is 38.7 Å². The van der Waals surface area contributed by atoms with E-state index in [9.17, 15) is 4.79 Å². The fourth-order valence-corrected chi connectivity index (χ4v) is 2.21. The van der Waals surface area contributed by atoms with Gasteiger partial charge in [-0.2, -0.15) is 0 Å². The van der Waals surface area contributed by atoms with E-state index >= 15 is 0 Å². The van der Waals surface area contributed by atoms with Gasteiger partial charge in [0.25, 0.3) is 0 Å². The van der Waals surface area contributed by atoms with E-state index in [1.54, 1.807) is 24.8 Å². The molecule has 0 bridgehead atoms. The SMILES string of the molecule is COc1cccc(OCc2nnc(SCC(=O)O)n2C)c1. The quantitative estimate of drug-likeness (QED) is 0.777. The Morgan fingerprint density at radius 3 is 2.86 bits per heavy atom. The Hall–Kier alpha value is -2.22. The molecule has 2 rings (SSSR count). The monoisotopic (exact) mass is 309 g/mol. The third-order valence-electron chi connectivity index (χ3n) is 2.66. The third kappa shape index (κ3) is 4.12.